The van der Waals surface area contributed by atoms with Crippen LogP contribution in [-0.2, 0) is 6.61 Å². The Bertz CT molecular complexity index is 594. The summed E-state index contributed by atoms with van der Waals surface area (Å²) >= 11 is 0. The molecule has 0 bridgehead atoms. The van der Waals surface area contributed by atoms with Gasteiger partial charge in [0.2, 0.25) is 0 Å². The van der Waals surface area contributed by atoms with Gasteiger partial charge in [-0.05, 0) is 43.4 Å². The molecule has 0 aliphatic carbocycles. The Kier molecular flexibility index (Phi) is 5.57. The highest BCUT2D eigenvalue weighted by atomic mass is 16.5. The van der Waals surface area contributed by atoms with Crippen LogP contribution in [0.3, 0.4) is 0 Å². The van der Waals surface area contributed by atoms with Gasteiger partial charge in [0.25, 0.3) is 0 Å². The summed E-state index contributed by atoms with van der Waals surface area (Å²) in [6.07, 6.45) is 6.53. The van der Waals surface area contributed by atoms with Crippen LogP contribution in [0.1, 0.15) is 44.6 Å². The predicted octanol–water partition coefficient (Wildman–Crippen LogP) is 5.42. The molecule has 1 saturated heterocycles. The molecule has 0 radical (unpaired) electrons. The number of anilines is 1. The summed E-state index contributed by atoms with van der Waals surface area (Å²) in [5.41, 5.74) is 2.52. The quantitative estimate of drug-likeness (QED) is 0.706. The van der Waals surface area contributed by atoms with Gasteiger partial charge in [0.1, 0.15) is 12.4 Å². The maximum absolute atomic E-state index is 5.99. The summed E-state index contributed by atoms with van der Waals surface area (Å²) in [4.78, 5) is 2.59. The molecule has 1 fully saturated rings. The number of hydrogen-bond acceptors (Lipinski definition) is 2. The number of rotatable bonds is 6. The second-order valence-electron chi connectivity index (χ2n) is 6.40. The maximum Gasteiger partial charge on any atom is 0.121 e. The van der Waals surface area contributed by atoms with E-state index in [9.17, 15) is 0 Å². The zero-order valence-corrected chi connectivity index (χ0v) is 14.1. The van der Waals surface area contributed by atoms with Gasteiger partial charge in [-0.3, -0.25) is 0 Å². The van der Waals surface area contributed by atoms with Crippen LogP contribution >= 0.6 is 0 Å². The molecule has 1 atom stereocenters. The minimum atomic E-state index is 0.628. The third kappa shape index (κ3) is 4.28. The fourth-order valence-corrected chi connectivity index (χ4v) is 3.47. The number of ether oxygens (including phenoxy) is 1. The third-order valence-corrected chi connectivity index (χ3v) is 4.65. The zero-order chi connectivity index (χ0) is 15.9. The van der Waals surface area contributed by atoms with E-state index >= 15 is 0 Å². The summed E-state index contributed by atoms with van der Waals surface area (Å²) in [5, 5.41) is 0. The summed E-state index contributed by atoms with van der Waals surface area (Å²) in [7, 11) is 0. The lowest BCUT2D eigenvalue weighted by Gasteiger charge is -2.37. The predicted molar refractivity (Wildman–Crippen MR) is 97.1 cm³/mol. The van der Waals surface area contributed by atoms with E-state index in [0.29, 0.717) is 12.6 Å². The SMILES string of the molecule is CCC[C@H]1CCCCN1c1cccc(OCc2ccccc2)c1. The van der Waals surface area contributed by atoms with Crippen LogP contribution in [0.15, 0.2) is 54.6 Å². The fraction of sp³-hybridized carbons (Fsp3) is 0.429. The first-order chi connectivity index (χ1) is 11.4. The molecule has 2 aromatic rings. The lowest BCUT2D eigenvalue weighted by molar-refractivity contribution is 0.306. The van der Waals surface area contributed by atoms with E-state index < -0.39 is 0 Å². The Hall–Kier alpha value is -1.96. The molecule has 1 heterocycles. The topological polar surface area (TPSA) is 12.5 Å². The van der Waals surface area contributed by atoms with Crippen LogP contribution in [0.5, 0.6) is 5.75 Å². The van der Waals surface area contributed by atoms with Gasteiger partial charge in [-0.15, -0.1) is 0 Å². The Morgan fingerprint density at radius 3 is 2.74 bits per heavy atom. The molecule has 0 unspecified atom stereocenters. The molecular weight excluding hydrogens is 282 g/mol. The van der Waals surface area contributed by atoms with Gasteiger partial charge in [-0.25, -0.2) is 0 Å². The molecule has 122 valence electrons. The molecule has 0 saturated carbocycles. The zero-order valence-electron chi connectivity index (χ0n) is 14.1. The van der Waals surface area contributed by atoms with Crippen molar-refractivity contribution in [2.45, 2.75) is 51.7 Å². The monoisotopic (exact) mass is 309 g/mol. The molecule has 2 aromatic carbocycles. The van der Waals surface area contributed by atoms with Crippen molar-refractivity contribution >= 4 is 5.69 Å². The van der Waals surface area contributed by atoms with Gasteiger partial charge in [-0.2, -0.15) is 0 Å². The summed E-state index contributed by atoms with van der Waals surface area (Å²) in [6, 6.07) is 19.7. The Morgan fingerprint density at radius 2 is 1.91 bits per heavy atom. The van der Waals surface area contributed by atoms with Gasteiger partial charge in [-0.1, -0.05) is 49.7 Å². The van der Waals surface area contributed by atoms with Crippen molar-refractivity contribution in [3.63, 3.8) is 0 Å². The molecule has 1 aliphatic heterocycles. The minimum absolute atomic E-state index is 0.628. The van der Waals surface area contributed by atoms with Gasteiger partial charge >= 0.3 is 0 Å². The highest BCUT2D eigenvalue weighted by Crippen LogP contribution is 2.29. The van der Waals surface area contributed by atoms with E-state index in [1.165, 1.54) is 49.9 Å². The van der Waals surface area contributed by atoms with E-state index in [1.54, 1.807) is 0 Å². The van der Waals surface area contributed by atoms with E-state index in [4.69, 9.17) is 4.74 Å². The molecule has 2 nitrogen and oxygen atoms in total. The van der Waals surface area contributed by atoms with Crippen LogP contribution in [0, 0.1) is 0 Å². The largest absolute Gasteiger partial charge is 0.489 e. The van der Waals surface area contributed by atoms with Gasteiger partial charge in [0, 0.05) is 24.3 Å². The molecule has 2 heteroatoms. The standard InChI is InChI=1S/C21H27NO/c1-2-9-19-12-6-7-15-22(19)20-13-8-14-21(16-20)23-17-18-10-4-3-5-11-18/h3-5,8,10-11,13-14,16,19H,2,6-7,9,12,15,17H2,1H3/t19-/m0/s1. The number of benzene rings is 2. The number of hydrogen-bond donors (Lipinski definition) is 0. The molecule has 1 aliphatic rings. The Balaban J connectivity index is 1.68. The van der Waals surface area contributed by atoms with Crippen molar-refractivity contribution in [3.8, 4) is 5.75 Å². The average molecular weight is 309 g/mol. The first-order valence-corrected chi connectivity index (χ1v) is 8.90. The molecule has 0 N–H and O–H groups in total. The highest BCUT2D eigenvalue weighted by Gasteiger charge is 2.22. The lowest BCUT2D eigenvalue weighted by Crippen LogP contribution is -2.39. The first kappa shape index (κ1) is 15.9. The van der Waals surface area contributed by atoms with Crippen LogP contribution in [0.25, 0.3) is 0 Å². The van der Waals surface area contributed by atoms with Crippen molar-refractivity contribution in [3.05, 3.63) is 60.2 Å². The lowest BCUT2D eigenvalue weighted by atomic mass is 9.97. The van der Waals surface area contributed by atoms with Crippen LogP contribution < -0.4 is 9.64 Å². The third-order valence-electron chi connectivity index (χ3n) is 4.65. The van der Waals surface area contributed by atoms with Crippen LogP contribution in [0.2, 0.25) is 0 Å². The molecule has 3 rings (SSSR count). The smallest absolute Gasteiger partial charge is 0.121 e. The number of nitrogens with zero attached hydrogens (tertiary/aromatic N) is 1. The molecule has 0 spiro atoms. The second kappa shape index (κ2) is 8.05. The number of piperidine rings is 1. The van der Waals surface area contributed by atoms with Crippen LogP contribution in [-0.4, -0.2) is 12.6 Å². The van der Waals surface area contributed by atoms with E-state index in [0.717, 1.165) is 5.75 Å². The van der Waals surface area contributed by atoms with Crippen molar-refractivity contribution in [2.24, 2.45) is 0 Å². The molecule has 23 heavy (non-hydrogen) atoms. The van der Waals surface area contributed by atoms with Gasteiger partial charge in [0.05, 0.1) is 0 Å². The minimum Gasteiger partial charge on any atom is -0.489 e. The van der Waals surface area contributed by atoms with Crippen molar-refractivity contribution < 1.29 is 4.74 Å². The Morgan fingerprint density at radius 1 is 1.04 bits per heavy atom. The van der Waals surface area contributed by atoms with Crippen molar-refractivity contribution in [1.29, 1.82) is 0 Å². The average Bonchev–Trinajstić information content (AvgIpc) is 2.62. The van der Waals surface area contributed by atoms with Crippen LogP contribution in [0.4, 0.5) is 5.69 Å². The maximum atomic E-state index is 5.99. The fourth-order valence-electron chi connectivity index (χ4n) is 3.47. The van der Waals surface area contributed by atoms with E-state index in [-0.39, 0.29) is 0 Å². The summed E-state index contributed by atoms with van der Waals surface area (Å²) < 4.78 is 5.99. The van der Waals surface area contributed by atoms with Gasteiger partial charge in [0.15, 0.2) is 0 Å². The first-order valence-electron chi connectivity index (χ1n) is 8.90. The normalized spacial score (nSPS) is 18.0. The Labute approximate surface area is 140 Å². The highest BCUT2D eigenvalue weighted by molar-refractivity contribution is 5.52. The molecular formula is C21H27NO. The van der Waals surface area contributed by atoms with E-state index in [2.05, 4.69) is 60.4 Å². The van der Waals surface area contributed by atoms with E-state index in [1.807, 2.05) is 6.07 Å². The second-order valence-corrected chi connectivity index (χ2v) is 6.40. The van der Waals surface area contributed by atoms with Gasteiger partial charge < -0.3 is 9.64 Å². The van der Waals surface area contributed by atoms with Crippen molar-refractivity contribution in [1.82, 2.24) is 0 Å². The summed E-state index contributed by atoms with van der Waals surface area (Å²) in [5.74, 6) is 0.965. The summed E-state index contributed by atoms with van der Waals surface area (Å²) in [6.45, 7) is 4.08. The molecule has 0 aromatic heterocycles. The van der Waals surface area contributed by atoms with Crippen molar-refractivity contribution in [2.75, 3.05) is 11.4 Å². The molecule has 0 amide bonds.